The van der Waals surface area contributed by atoms with E-state index in [-0.39, 0.29) is 0 Å². The van der Waals surface area contributed by atoms with Crippen molar-refractivity contribution in [1.82, 2.24) is 5.32 Å². The lowest BCUT2D eigenvalue weighted by Gasteiger charge is -2.03. The molecule has 1 saturated heterocycles. The number of rotatable bonds is 2. The summed E-state index contributed by atoms with van der Waals surface area (Å²) in [5.74, 6) is 0. The van der Waals surface area contributed by atoms with Gasteiger partial charge in [0.1, 0.15) is 6.54 Å². The summed E-state index contributed by atoms with van der Waals surface area (Å²) in [5.41, 5.74) is 0. The highest BCUT2D eigenvalue weighted by Crippen LogP contribution is 2.01. The molecule has 0 aromatic heterocycles. The average Bonchev–Trinajstić information content (AvgIpc) is 2.19. The molecular weight excluding hydrogens is 100 g/mol. The van der Waals surface area contributed by atoms with Gasteiger partial charge < -0.3 is 10.6 Å². The maximum absolute atomic E-state index is 3.56. The van der Waals surface area contributed by atoms with E-state index in [2.05, 4.69) is 17.7 Å². The number of hydrogen-bond donors (Lipinski definition) is 2. The number of nitrogens with one attached hydrogen (secondary N) is 2. The highest BCUT2D eigenvalue weighted by Gasteiger charge is 2.13. The second-order valence-corrected chi connectivity index (χ2v) is 2.25. The van der Waals surface area contributed by atoms with Crippen LogP contribution in [0.15, 0.2) is 0 Å². The van der Waals surface area contributed by atoms with Crippen LogP contribution in [0.25, 0.3) is 0 Å². The standard InChI is InChI=1S/C6H13N2/c1-7-5-6-3-2-4-8-6/h6-8H,1-5H2/t6-/m0/s1. The Labute approximate surface area is 50.7 Å². The first-order chi connectivity index (χ1) is 3.93. The van der Waals surface area contributed by atoms with Gasteiger partial charge in [-0.15, -0.1) is 7.05 Å². The quantitative estimate of drug-likeness (QED) is 0.436. The summed E-state index contributed by atoms with van der Waals surface area (Å²) < 4.78 is 0. The summed E-state index contributed by atoms with van der Waals surface area (Å²) in [6.07, 6.45) is 2.63. The third kappa shape index (κ3) is 1.46. The van der Waals surface area contributed by atoms with E-state index in [1.807, 2.05) is 0 Å². The van der Waals surface area contributed by atoms with Crippen molar-refractivity contribution in [3.8, 4) is 0 Å². The van der Waals surface area contributed by atoms with E-state index in [9.17, 15) is 0 Å². The molecule has 0 saturated carbocycles. The zero-order valence-corrected chi connectivity index (χ0v) is 5.11. The molecule has 0 bridgehead atoms. The molecule has 1 atom stereocenters. The molecule has 1 radical (unpaired) electrons. The third-order valence-corrected chi connectivity index (χ3v) is 1.55. The predicted molar refractivity (Wildman–Crippen MR) is 32.2 cm³/mol. The third-order valence-electron chi connectivity index (χ3n) is 1.55. The molecule has 2 heteroatoms. The van der Waals surface area contributed by atoms with E-state index in [4.69, 9.17) is 0 Å². The van der Waals surface area contributed by atoms with Crippen molar-refractivity contribution in [2.75, 3.05) is 13.1 Å². The molecule has 1 heterocycles. The Kier molecular flexibility index (Phi) is 2.30. The molecule has 1 fully saturated rings. The normalized spacial score (nSPS) is 28.9. The molecule has 1 aliphatic rings. The Morgan fingerprint density at radius 3 is 3.12 bits per heavy atom. The topological polar surface area (TPSA) is 27.6 Å². The zero-order valence-electron chi connectivity index (χ0n) is 5.11. The van der Waals surface area contributed by atoms with Gasteiger partial charge in [-0.3, -0.25) is 0 Å². The van der Waals surface area contributed by atoms with Crippen molar-refractivity contribution < 1.29 is 5.32 Å². The highest BCUT2D eigenvalue weighted by molar-refractivity contribution is 4.71. The molecule has 8 heavy (non-hydrogen) atoms. The van der Waals surface area contributed by atoms with Crippen LogP contribution in [-0.4, -0.2) is 19.1 Å². The lowest BCUT2D eigenvalue weighted by molar-refractivity contribution is -0.597. The van der Waals surface area contributed by atoms with E-state index in [1.165, 1.54) is 19.4 Å². The molecule has 0 amide bonds. The molecule has 2 nitrogen and oxygen atoms in total. The minimum absolute atomic E-state index is 0.687. The van der Waals surface area contributed by atoms with Crippen molar-refractivity contribution in [1.29, 1.82) is 0 Å². The van der Waals surface area contributed by atoms with E-state index in [1.54, 1.807) is 0 Å². The Morgan fingerprint density at radius 2 is 2.62 bits per heavy atom. The lowest BCUT2D eigenvalue weighted by Crippen LogP contribution is -2.80. The first-order valence-corrected chi connectivity index (χ1v) is 3.17. The van der Waals surface area contributed by atoms with Crippen molar-refractivity contribution in [2.24, 2.45) is 0 Å². The van der Waals surface area contributed by atoms with Crippen molar-refractivity contribution in [3.63, 3.8) is 0 Å². The van der Waals surface area contributed by atoms with Gasteiger partial charge in [0.15, 0.2) is 0 Å². The molecule has 1 aliphatic heterocycles. The van der Waals surface area contributed by atoms with Gasteiger partial charge in [0.25, 0.3) is 0 Å². The fourth-order valence-electron chi connectivity index (χ4n) is 1.11. The Morgan fingerprint density at radius 1 is 1.75 bits per heavy atom. The van der Waals surface area contributed by atoms with Crippen LogP contribution in [0.1, 0.15) is 12.8 Å². The smallest absolute Gasteiger partial charge is 0.108 e. The largest absolute Gasteiger partial charge is 0.333 e. The molecule has 0 spiro atoms. The molecule has 0 aromatic carbocycles. The average molecular weight is 113 g/mol. The van der Waals surface area contributed by atoms with Crippen LogP contribution in [0.4, 0.5) is 0 Å². The summed E-state index contributed by atoms with van der Waals surface area (Å²) in [7, 11) is 3.56. The molecule has 0 aliphatic carbocycles. The predicted octanol–water partition coefficient (Wildman–Crippen LogP) is -1.12. The summed E-state index contributed by atoms with van der Waals surface area (Å²) in [5, 5.41) is 6.25. The van der Waals surface area contributed by atoms with E-state index in [0.29, 0.717) is 6.04 Å². The molecule has 0 aromatic rings. The van der Waals surface area contributed by atoms with Crippen LogP contribution < -0.4 is 10.6 Å². The van der Waals surface area contributed by atoms with Gasteiger partial charge in [-0.1, -0.05) is 0 Å². The Bertz CT molecular complexity index is 57.5. The summed E-state index contributed by atoms with van der Waals surface area (Å²) >= 11 is 0. The molecular formula is C6H13N2. The summed E-state index contributed by atoms with van der Waals surface area (Å²) in [6, 6.07) is 0.687. The zero-order chi connectivity index (χ0) is 5.82. The molecule has 1 rings (SSSR count). The van der Waals surface area contributed by atoms with Gasteiger partial charge in [-0.2, -0.15) is 0 Å². The first kappa shape index (κ1) is 6.05. The van der Waals surface area contributed by atoms with Crippen LogP contribution in [0.3, 0.4) is 0 Å². The van der Waals surface area contributed by atoms with Gasteiger partial charge in [0.2, 0.25) is 0 Å². The van der Waals surface area contributed by atoms with Gasteiger partial charge in [0, 0.05) is 0 Å². The SMILES string of the molecule is [CH2-][NH+]C[C@@H]1CCCN1. The van der Waals surface area contributed by atoms with Crippen LogP contribution in [-0.2, 0) is 0 Å². The van der Waals surface area contributed by atoms with Crippen molar-refractivity contribution in [2.45, 2.75) is 18.9 Å². The minimum Gasteiger partial charge on any atom is -0.333 e. The molecule has 47 valence electrons. The molecule has 2 N–H and O–H groups in total. The van der Waals surface area contributed by atoms with E-state index >= 15 is 0 Å². The fraction of sp³-hybridized carbons (Fsp3) is 0.833. The minimum atomic E-state index is 0.687. The van der Waals surface area contributed by atoms with Crippen LogP contribution in [0, 0.1) is 7.05 Å². The molecule has 0 unspecified atom stereocenters. The second-order valence-electron chi connectivity index (χ2n) is 2.25. The van der Waals surface area contributed by atoms with Gasteiger partial charge in [-0.05, 0) is 19.4 Å². The van der Waals surface area contributed by atoms with E-state index in [0.717, 1.165) is 6.54 Å². The van der Waals surface area contributed by atoms with Crippen molar-refractivity contribution in [3.05, 3.63) is 7.05 Å². The van der Waals surface area contributed by atoms with Crippen LogP contribution in [0.2, 0.25) is 0 Å². The summed E-state index contributed by atoms with van der Waals surface area (Å²) in [4.78, 5) is 0. The van der Waals surface area contributed by atoms with Crippen LogP contribution >= 0.6 is 0 Å². The monoisotopic (exact) mass is 113 g/mol. The first-order valence-electron chi connectivity index (χ1n) is 3.17. The summed E-state index contributed by atoms with van der Waals surface area (Å²) in [6.45, 7) is 2.20. The van der Waals surface area contributed by atoms with E-state index < -0.39 is 0 Å². The Balaban J connectivity index is 2.06. The van der Waals surface area contributed by atoms with Gasteiger partial charge >= 0.3 is 0 Å². The van der Waals surface area contributed by atoms with Crippen molar-refractivity contribution >= 4 is 0 Å². The van der Waals surface area contributed by atoms with Gasteiger partial charge in [-0.25, -0.2) is 0 Å². The van der Waals surface area contributed by atoms with Gasteiger partial charge in [0.05, 0.1) is 6.04 Å². The van der Waals surface area contributed by atoms with Crippen LogP contribution in [0.5, 0.6) is 0 Å². The Hall–Kier alpha value is -0.0800. The lowest BCUT2D eigenvalue weighted by atomic mass is 10.2. The maximum atomic E-state index is 3.56. The maximum Gasteiger partial charge on any atom is 0.108 e. The highest BCUT2D eigenvalue weighted by atomic mass is 15.0. The fourth-order valence-corrected chi connectivity index (χ4v) is 1.11. The number of hydrogen-bond acceptors (Lipinski definition) is 2. The second kappa shape index (κ2) is 3.05.